The standard InChI is InChI=1S/C20H21BrN2O2/c1-5-12(2)18-13(3)17(20(24)25-4)11-23-19(18)16(10-22-23)14-6-8-15(21)9-7-14/h6-12H,5H2,1-4H3. The Labute approximate surface area is 155 Å². The van der Waals surface area contributed by atoms with Crippen LogP contribution in [0, 0.1) is 6.92 Å². The summed E-state index contributed by atoms with van der Waals surface area (Å²) in [5.41, 5.74) is 5.92. The summed E-state index contributed by atoms with van der Waals surface area (Å²) >= 11 is 3.48. The SMILES string of the molecule is CCC(C)c1c(C)c(C(=O)OC)cn2ncc(-c3ccc(Br)cc3)c12. The Balaban J connectivity index is 2.34. The highest BCUT2D eigenvalue weighted by Crippen LogP contribution is 2.35. The van der Waals surface area contributed by atoms with Crippen LogP contribution in [-0.2, 0) is 4.74 Å². The summed E-state index contributed by atoms with van der Waals surface area (Å²) in [6.07, 6.45) is 4.61. The largest absolute Gasteiger partial charge is 0.465 e. The summed E-state index contributed by atoms with van der Waals surface area (Å²) in [4.78, 5) is 12.2. The predicted molar refractivity (Wildman–Crippen MR) is 103 cm³/mol. The highest BCUT2D eigenvalue weighted by Gasteiger charge is 2.22. The van der Waals surface area contributed by atoms with E-state index in [1.165, 1.54) is 7.11 Å². The summed E-state index contributed by atoms with van der Waals surface area (Å²) < 4.78 is 7.80. The highest BCUT2D eigenvalue weighted by molar-refractivity contribution is 9.10. The zero-order chi connectivity index (χ0) is 18.1. The van der Waals surface area contributed by atoms with Crippen molar-refractivity contribution in [2.24, 2.45) is 0 Å². The van der Waals surface area contributed by atoms with Crippen molar-refractivity contribution >= 4 is 27.4 Å². The summed E-state index contributed by atoms with van der Waals surface area (Å²) in [5.74, 6) is -0.0253. The Kier molecular flexibility index (Phi) is 4.95. The second-order valence-corrected chi connectivity index (χ2v) is 7.16. The first-order valence-electron chi connectivity index (χ1n) is 8.33. The van der Waals surface area contributed by atoms with Crippen LogP contribution in [0.3, 0.4) is 0 Å². The first kappa shape index (κ1) is 17.7. The number of ether oxygens (including phenoxy) is 1. The minimum Gasteiger partial charge on any atom is -0.465 e. The lowest BCUT2D eigenvalue weighted by Crippen LogP contribution is -2.11. The van der Waals surface area contributed by atoms with Crippen molar-refractivity contribution < 1.29 is 9.53 Å². The van der Waals surface area contributed by atoms with Gasteiger partial charge in [-0.1, -0.05) is 41.9 Å². The molecule has 25 heavy (non-hydrogen) atoms. The topological polar surface area (TPSA) is 43.6 Å². The third kappa shape index (κ3) is 3.09. The molecule has 1 unspecified atom stereocenters. The predicted octanol–water partition coefficient (Wildman–Crippen LogP) is 5.37. The zero-order valence-corrected chi connectivity index (χ0v) is 16.4. The van der Waals surface area contributed by atoms with E-state index in [1.54, 1.807) is 10.7 Å². The minimum absolute atomic E-state index is 0.304. The Bertz CT molecular complexity index is 929. The van der Waals surface area contributed by atoms with Gasteiger partial charge < -0.3 is 4.74 Å². The molecule has 0 aliphatic carbocycles. The Morgan fingerprint density at radius 2 is 2.00 bits per heavy atom. The van der Waals surface area contributed by atoms with Crippen molar-refractivity contribution in [3.8, 4) is 11.1 Å². The number of pyridine rings is 1. The van der Waals surface area contributed by atoms with Gasteiger partial charge in [-0.15, -0.1) is 0 Å². The number of carbonyl (C=O) groups excluding carboxylic acids is 1. The number of benzene rings is 1. The van der Waals surface area contributed by atoms with E-state index in [4.69, 9.17) is 4.74 Å². The summed E-state index contributed by atoms with van der Waals surface area (Å²) in [7, 11) is 1.41. The molecule has 1 atom stereocenters. The second kappa shape index (κ2) is 7.00. The van der Waals surface area contributed by atoms with Gasteiger partial charge in [-0.3, -0.25) is 0 Å². The van der Waals surface area contributed by atoms with Gasteiger partial charge in [0.1, 0.15) is 0 Å². The third-order valence-corrected chi connectivity index (χ3v) is 5.30. The molecule has 5 heteroatoms. The lowest BCUT2D eigenvalue weighted by molar-refractivity contribution is 0.0599. The van der Waals surface area contributed by atoms with Gasteiger partial charge in [0.2, 0.25) is 0 Å². The van der Waals surface area contributed by atoms with Gasteiger partial charge >= 0.3 is 5.97 Å². The molecule has 0 aliphatic rings. The molecule has 0 N–H and O–H groups in total. The van der Waals surface area contributed by atoms with Gasteiger partial charge in [-0.05, 0) is 48.1 Å². The fraction of sp³-hybridized carbons (Fsp3) is 0.300. The molecule has 2 aromatic heterocycles. The first-order chi connectivity index (χ1) is 12.0. The molecule has 0 radical (unpaired) electrons. The third-order valence-electron chi connectivity index (χ3n) is 4.78. The molecule has 0 spiro atoms. The van der Waals surface area contributed by atoms with Gasteiger partial charge in [0.25, 0.3) is 0 Å². The molecule has 0 fully saturated rings. The van der Waals surface area contributed by atoms with E-state index in [2.05, 4.69) is 47.0 Å². The van der Waals surface area contributed by atoms with E-state index in [0.717, 1.165) is 38.7 Å². The lowest BCUT2D eigenvalue weighted by Gasteiger charge is -2.18. The van der Waals surface area contributed by atoms with Crippen LogP contribution in [0.15, 0.2) is 41.1 Å². The number of nitrogens with zero attached hydrogens (tertiary/aromatic N) is 2. The van der Waals surface area contributed by atoms with Gasteiger partial charge in [-0.2, -0.15) is 5.10 Å². The van der Waals surface area contributed by atoms with Crippen molar-refractivity contribution in [1.82, 2.24) is 9.61 Å². The van der Waals surface area contributed by atoms with Gasteiger partial charge in [0.15, 0.2) is 0 Å². The number of halogens is 1. The molecule has 1 aromatic carbocycles. The fourth-order valence-corrected chi connectivity index (χ4v) is 3.50. The molecule has 130 valence electrons. The second-order valence-electron chi connectivity index (χ2n) is 6.24. The van der Waals surface area contributed by atoms with E-state index in [0.29, 0.717) is 11.5 Å². The number of aromatic nitrogens is 2. The van der Waals surface area contributed by atoms with E-state index >= 15 is 0 Å². The number of hydrogen-bond acceptors (Lipinski definition) is 3. The summed E-state index contributed by atoms with van der Waals surface area (Å²) in [6.45, 7) is 6.33. The Morgan fingerprint density at radius 1 is 1.32 bits per heavy atom. The first-order valence-corrected chi connectivity index (χ1v) is 9.12. The number of carbonyl (C=O) groups is 1. The van der Waals surface area contributed by atoms with Crippen LogP contribution in [0.1, 0.15) is 47.7 Å². The summed E-state index contributed by atoms with van der Waals surface area (Å²) in [6, 6.07) is 8.20. The fourth-order valence-electron chi connectivity index (χ4n) is 3.23. The van der Waals surface area contributed by atoms with E-state index in [1.807, 2.05) is 25.3 Å². The van der Waals surface area contributed by atoms with E-state index < -0.39 is 0 Å². The Hall–Kier alpha value is -2.14. The quantitative estimate of drug-likeness (QED) is 0.552. The van der Waals surface area contributed by atoms with Crippen LogP contribution < -0.4 is 0 Å². The average Bonchev–Trinajstić information content (AvgIpc) is 3.04. The van der Waals surface area contributed by atoms with E-state index in [-0.39, 0.29) is 5.97 Å². The molecule has 0 amide bonds. The number of hydrogen-bond donors (Lipinski definition) is 0. The lowest BCUT2D eigenvalue weighted by atomic mass is 9.89. The number of rotatable bonds is 4. The Morgan fingerprint density at radius 3 is 2.60 bits per heavy atom. The summed E-state index contributed by atoms with van der Waals surface area (Å²) in [5, 5.41) is 4.51. The maximum Gasteiger partial charge on any atom is 0.339 e. The van der Waals surface area contributed by atoms with Crippen LogP contribution in [-0.4, -0.2) is 22.7 Å². The van der Waals surface area contributed by atoms with Crippen LogP contribution in [0.4, 0.5) is 0 Å². The molecule has 2 heterocycles. The van der Waals surface area contributed by atoms with Crippen molar-refractivity contribution in [1.29, 1.82) is 0 Å². The van der Waals surface area contributed by atoms with Crippen LogP contribution in [0.25, 0.3) is 16.6 Å². The molecule has 3 aromatic rings. The molecule has 4 nitrogen and oxygen atoms in total. The van der Waals surface area contributed by atoms with Gasteiger partial charge in [0.05, 0.1) is 24.4 Å². The highest BCUT2D eigenvalue weighted by atomic mass is 79.9. The molecular formula is C20H21BrN2O2. The van der Waals surface area contributed by atoms with Crippen molar-refractivity contribution in [3.05, 3.63) is 57.8 Å². The monoisotopic (exact) mass is 400 g/mol. The smallest absolute Gasteiger partial charge is 0.339 e. The average molecular weight is 401 g/mol. The van der Waals surface area contributed by atoms with Gasteiger partial charge in [-0.25, -0.2) is 9.31 Å². The number of esters is 1. The molecule has 0 aliphatic heterocycles. The normalized spacial score (nSPS) is 12.4. The molecular weight excluding hydrogens is 380 g/mol. The van der Waals surface area contributed by atoms with Crippen molar-refractivity contribution in [3.63, 3.8) is 0 Å². The number of fused-ring (bicyclic) bond motifs is 1. The van der Waals surface area contributed by atoms with Crippen molar-refractivity contribution in [2.75, 3.05) is 7.11 Å². The van der Waals surface area contributed by atoms with Crippen LogP contribution in [0.2, 0.25) is 0 Å². The van der Waals surface area contributed by atoms with Crippen LogP contribution in [0.5, 0.6) is 0 Å². The maximum atomic E-state index is 12.2. The minimum atomic E-state index is -0.329. The van der Waals surface area contributed by atoms with Crippen molar-refractivity contribution in [2.45, 2.75) is 33.1 Å². The zero-order valence-electron chi connectivity index (χ0n) is 14.8. The molecule has 0 bridgehead atoms. The van der Waals surface area contributed by atoms with Crippen LogP contribution >= 0.6 is 15.9 Å². The maximum absolute atomic E-state index is 12.2. The molecule has 3 rings (SSSR count). The number of methoxy groups -OCH3 is 1. The van der Waals surface area contributed by atoms with E-state index in [9.17, 15) is 4.79 Å². The van der Waals surface area contributed by atoms with Gasteiger partial charge in [0, 0.05) is 16.2 Å². The molecule has 0 saturated heterocycles. The molecule has 0 saturated carbocycles.